The molecule has 2 aromatic heterocycles. The largest absolute Gasteiger partial charge is 0.489 e. The van der Waals surface area contributed by atoms with Crippen molar-refractivity contribution in [2.45, 2.75) is 86.7 Å². The van der Waals surface area contributed by atoms with Crippen molar-refractivity contribution in [2.24, 2.45) is 5.41 Å². The van der Waals surface area contributed by atoms with Gasteiger partial charge in [0.1, 0.15) is 17.9 Å². The zero-order chi connectivity index (χ0) is 46.9. The first-order valence-corrected chi connectivity index (χ1v) is 26.3. The zero-order valence-electron chi connectivity index (χ0n) is 38.7. The van der Waals surface area contributed by atoms with Crippen molar-refractivity contribution in [1.82, 2.24) is 24.5 Å². The molecule has 7 aliphatic rings. The van der Waals surface area contributed by atoms with Gasteiger partial charge >= 0.3 is 0 Å². The number of benzene rings is 3. The van der Waals surface area contributed by atoms with Crippen LogP contribution in [0.25, 0.3) is 11.0 Å². The number of piperidine rings is 1. The van der Waals surface area contributed by atoms with Gasteiger partial charge in [-0.3, -0.25) is 24.7 Å². The number of aromatic nitrogens is 2. The maximum absolute atomic E-state index is 14.6. The molecule has 5 aromatic rings. The van der Waals surface area contributed by atoms with E-state index in [1.165, 1.54) is 51.1 Å². The standard InChI is InChI=1S/C51H59N9O8S/c61-49(55-69(64,65)38-27-44(60(62)63)47-46(28-38)68-32-35(53-47)31-56-20-23-66-24-21-56)41-11-10-36(26-43(41)59-17-4-22-67-50-45(59)25-34-12-15-52-48(34)54-50)57-18-13-51(14-19-57)29-37(30-51)58-16-3-7-42(58)40-6-2-1-5-39(40)33-8-9-33/h1-2,5-6,10-12,15,25-28,33,35,37,42,53H,3-4,7-9,13-14,16-24,29-32H2,(H,52,54)(H,55,61). The van der Waals surface area contributed by atoms with Crippen molar-refractivity contribution in [1.29, 1.82) is 0 Å². The van der Waals surface area contributed by atoms with Gasteiger partial charge in [0.2, 0.25) is 5.88 Å². The number of fused-ring (bicyclic) bond motifs is 3. The van der Waals surface area contributed by atoms with Gasteiger partial charge in [0.15, 0.2) is 11.4 Å². The maximum Gasteiger partial charge on any atom is 0.297 e. The molecule has 1 spiro atoms. The third kappa shape index (κ3) is 8.52. The summed E-state index contributed by atoms with van der Waals surface area (Å²) in [5.74, 6) is 0.304. The molecule has 3 aromatic carbocycles. The molecule has 2 unspecified atom stereocenters. The lowest BCUT2D eigenvalue weighted by Gasteiger charge is -2.56. The summed E-state index contributed by atoms with van der Waals surface area (Å²) in [5.41, 5.74) is 6.00. The number of amides is 1. The Morgan fingerprint density at radius 2 is 1.70 bits per heavy atom. The molecule has 17 nitrogen and oxygen atoms in total. The predicted molar refractivity (Wildman–Crippen MR) is 262 cm³/mol. The van der Waals surface area contributed by atoms with Crippen molar-refractivity contribution >= 4 is 55.4 Å². The molecule has 7 heterocycles. The van der Waals surface area contributed by atoms with Crippen LogP contribution in [-0.4, -0.2) is 123 Å². The minimum atomic E-state index is -4.65. The molecule has 0 radical (unpaired) electrons. The molecule has 2 aliphatic carbocycles. The summed E-state index contributed by atoms with van der Waals surface area (Å²) < 4.78 is 48.3. The first kappa shape index (κ1) is 44.3. The Balaban J connectivity index is 0.799. The molecule has 0 bridgehead atoms. The van der Waals surface area contributed by atoms with Gasteiger partial charge in [-0.1, -0.05) is 24.3 Å². The second-order valence-corrected chi connectivity index (χ2v) is 21.9. The van der Waals surface area contributed by atoms with Gasteiger partial charge in [-0.25, -0.2) is 13.1 Å². The van der Waals surface area contributed by atoms with Crippen LogP contribution in [0.1, 0.15) is 91.2 Å². The van der Waals surface area contributed by atoms with Crippen molar-refractivity contribution in [3.8, 4) is 11.6 Å². The van der Waals surface area contributed by atoms with E-state index in [2.05, 4.69) is 54.0 Å². The minimum Gasteiger partial charge on any atom is -0.489 e. The van der Waals surface area contributed by atoms with Crippen LogP contribution in [0.5, 0.6) is 11.6 Å². The summed E-state index contributed by atoms with van der Waals surface area (Å²) >= 11 is 0. The SMILES string of the molecule is O=C(NS(=O)(=O)c1cc2c(c([N+](=O)[O-])c1)NC(CN1CCOCC1)CO2)c1ccc(N2CCC3(CC2)CC(N2CCCC2c2ccccc2C2CC2)C3)cc1N1CCCOc2nc3[nH]ccc3cc21. The number of likely N-dealkylation sites (tertiary alicyclic amines) is 1. The van der Waals surface area contributed by atoms with Crippen molar-refractivity contribution in [3.05, 3.63) is 99.7 Å². The van der Waals surface area contributed by atoms with Crippen LogP contribution in [0.2, 0.25) is 0 Å². The molecule has 362 valence electrons. The second kappa shape index (κ2) is 17.8. The van der Waals surface area contributed by atoms with Gasteiger partial charge in [0.05, 0.1) is 46.9 Å². The second-order valence-electron chi connectivity index (χ2n) is 20.2. The zero-order valence-corrected chi connectivity index (χ0v) is 39.6. The van der Waals surface area contributed by atoms with E-state index in [9.17, 15) is 23.3 Å². The van der Waals surface area contributed by atoms with Crippen LogP contribution in [0, 0.1) is 15.5 Å². The summed E-state index contributed by atoms with van der Waals surface area (Å²) in [7, 11) is -4.65. The van der Waals surface area contributed by atoms with Gasteiger partial charge in [0, 0.05) is 80.8 Å². The number of anilines is 4. The number of carbonyl (C=O) groups is 1. The molecule has 18 heteroatoms. The van der Waals surface area contributed by atoms with Crippen LogP contribution >= 0.6 is 0 Å². The van der Waals surface area contributed by atoms with Crippen molar-refractivity contribution < 1.29 is 32.3 Å². The fraction of sp³-hybridized carbons (Fsp3) is 0.490. The van der Waals surface area contributed by atoms with Gasteiger partial charge in [0.25, 0.3) is 21.6 Å². The van der Waals surface area contributed by atoms with E-state index in [1.54, 1.807) is 17.2 Å². The number of aromatic amines is 1. The molecule has 2 atom stereocenters. The number of nitro benzene ring substituents is 1. The average Bonchev–Trinajstić information content (AvgIpc) is 3.97. The van der Waals surface area contributed by atoms with E-state index in [0.717, 1.165) is 62.1 Å². The third-order valence-corrected chi connectivity index (χ3v) is 17.2. The minimum absolute atomic E-state index is 0.0284. The first-order valence-electron chi connectivity index (χ1n) is 24.8. The van der Waals surface area contributed by atoms with Crippen molar-refractivity contribution in [3.63, 3.8) is 0 Å². The summed E-state index contributed by atoms with van der Waals surface area (Å²) in [6.07, 6.45) is 12.1. The lowest BCUT2D eigenvalue weighted by Crippen LogP contribution is -2.55. The van der Waals surface area contributed by atoms with E-state index in [-0.39, 0.29) is 29.6 Å². The Kier molecular flexibility index (Phi) is 11.4. The number of nitro groups is 1. The van der Waals surface area contributed by atoms with Crippen LogP contribution in [-0.2, 0) is 14.8 Å². The average molecular weight is 958 g/mol. The Morgan fingerprint density at radius 1 is 0.884 bits per heavy atom. The molecule has 69 heavy (non-hydrogen) atoms. The summed E-state index contributed by atoms with van der Waals surface area (Å²) in [6, 6.07) is 21.8. The number of morpholine rings is 1. The molecule has 1 amide bonds. The highest BCUT2D eigenvalue weighted by molar-refractivity contribution is 7.90. The fourth-order valence-electron chi connectivity index (χ4n) is 12.1. The molecule has 12 rings (SSSR count). The van der Waals surface area contributed by atoms with Gasteiger partial charge < -0.3 is 34.3 Å². The van der Waals surface area contributed by atoms with Crippen molar-refractivity contribution in [2.75, 3.05) is 87.4 Å². The number of nitrogens with zero attached hydrogens (tertiary/aromatic N) is 6. The highest BCUT2D eigenvalue weighted by Crippen LogP contribution is 2.55. The molecule has 5 aliphatic heterocycles. The number of H-pyrrole nitrogens is 1. The van der Waals surface area contributed by atoms with Crippen LogP contribution < -0.4 is 29.3 Å². The topological polar surface area (TPSA) is 188 Å². The van der Waals surface area contributed by atoms with Crippen LogP contribution in [0.15, 0.2) is 77.8 Å². The Morgan fingerprint density at radius 3 is 2.49 bits per heavy atom. The molecular formula is C51H59N9O8S. The number of hydrogen-bond donors (Lipinski definition) is 3. The van der Waals surface area contributed by atoms with E-state index in [1.807, 2.05) is 35.4 Å². The highest BCUT2D eigenvalue weighted by Gasteiger charge is 2.50. The Labute approximate surface area is 401 Å². The van der Waals surface area contributed by atoms with Gasteiger partial charge in [-0.2, -0.15) is 4.98 Å². The van der Waals surface area contributed by atoms with Crippen LogP contribution in [0.3, 0.4) is 0 Å². The summed E-state index contributed by atoms with van der Waals surface area (Å²) in [6.45, 7) is 7.21. The van der Waals surface area contributed by atoms with E-state index in [0.29, 0.717) is 79.7 Å². The highest BCUT2D eigenvalue weighted by atomic mass is 32.2. The number of hydrogen-bond acceptors (Lipinski definition) is 14. The van der Waals surface area contributed by atoms with Gasteiger partial charge in [-0.15, -0.1) is 0 Å². The van der Waals surface area contributed by atoms with E-state index < -0.39 is 31.4 Å². The molecule has 3 N–H and O–H groups in total. The Hall–Kier alpha value is -5.95. The third-order valence-electron chi connectivity index (χ3n) is 15.9. The molecule has 3 saturated heterocycles. The smallest absolute Gasteiger partial charge is 0.297 e. The number of nitrogens with one attached hydrogen (secondary N) is 3. The number of pyridine rings is 1. The quantitative estimate of drug-likeness (QED) is 0.0874. The fourth-order valence-corrected chi connectivity index (χ4v) is 13.1. The Bertz CT molecular complexity index is 2900. The van der Waals surface area contributed by atoms with E-state index >= 15 is 0 Å². The predicted octanol–water partition coefficient (Wildman–Crippen LogP) is 7.48. The number of sulfonamides is 1. The lowest BCUT2D eigenvalue weighted by molar-refractivity contribution is -0.384. The summed E-state index contributed by atoms with van der Waals surface area (Å²) in [4.78, 5) is 43.3. The lowest BCUT2D eigenvalue weighted by atomic mass is 9.59. The van der Waals surface area contributed by atoms with Crippen LogP contribution in [0.4, 0.5) is 28.4 Å². The molecule has 5 fully saturated rings. The first-order chi connectivity index (χ1) is 33.6. The normalized spacial score (nSPS) is 23.0. The van der Waals surface area contributed by atoms with E-state index in [4.69, 9.17) is 19.2 Å². The molecular weight excluding hydrogens is 899 g/mol. The van der Waals surface area contributed by atoms with Gasteiger partial charge in [-0.05, 0) is 117 Å². The maximum atomic E-state index is 14.6. The number of ether oxygens (including phenoxy) is 3. The monoisotopic (exact) mass is 957 g/mol. The summed E-state index contributed by atoms with van der Waals surface area (Å²) in [5, 5.41) is 16.5. The molecule has 2 saturated carbocycles. The number of rotatable bonds is 11. The number of carbonyl (C=O) groups excluding carboxylic acids is 1.